The zero-order chi connectivity index (χ0) is 23.7. The number of carbonyl (C=O) groups excluding carboxylic acids is 2. The molecule has 3 aromatic carbocycles. The number of Topliss-reactive ketones (excluding diaryl/α,β-unsaturated/α-hetero) is 1. The second kappa shape index (κ2) is 9.00. The maximum Gasteiger partial charge on any atom is 0.300 e. The first-order chi connectivity index (χ1) is 15.9. The van der Waals surface area contributed by atoms with Crippen LogP contribution in [0, 0.1) is 6.92 Å². The minimum Gasteiger partial charge on any atom is -0.507 e. The van der Waals surface area contributed by atoms with E-state index in [1.165, 1.54) is 19.1 Å². The molecule has 1 heterocycles. The van der Waals surface area contributed by atoms with Crippen LogP contribution < -0.4 is 14.4 Å². The number of aliphatic hydroxyl groups is 1. The molecule has 0 spiro atoms. The fraction of sp³-hybridized carbons (Fsp3) is 0.154. The zero-order valence-corrected chi connectivity index (χ0v) is 19.1. The highest BCUT2D eigenvalue weighted by Crippen LogP contribution is 2.46. The summed E-state index contributed by atoms with van der Waals surface area (Å²) in [5, 5.41) is 11.6. The van der Waals surface area contributed by atoms with Crippen molar-refractivity contribution in [2.24, 2.45) is 0 Å². The SMILES string of the molecule is COc1ccc(OC)c([C@@H]2C(=C(O)c3ccccc3)C(=O)C(=O)N2c2ccc(C)c(Cl)c2)c1. The van der Waals surface area contributed by atoms with Gasteiger partial charge in [-0.2, -0.15) is 0 Å². The lowest BCUT2D eigenvalue weighted by Crippen LogP contribution is -2.29. The van der Waals surface area contributed by atoms with Crippen LogP contribution in [0.4, 0.5) is 5.69 Å². The number of amides is 1. The summed E-state index contributed by atoms with van der Waals surface area (Å²) >= 11 is 6.34. The highest BCUT2D eigenvalue weighted by Gasteiger charge is 2.48. The number of aliphatic hydroxyl groups excluding tert-OH is 1. The topological polar surface area (TPSA) is 76.1 Å². The van der Waals surface area contributed by atoms with Crippen LogP contribution >= 0.6 is 11.6 Å². The summed E-state index contributed by atoms with van der Waals surface area (Å²) in [5.41, 5.74) is 2.12. The maximum atomic E-state index is 13.3. The van der Waals surface area contributed by atoms with Gasteiger partial charge in [0, 0.05) is 21.8 Å². The number of nitrogens with zero attached hydrogens (tertiary/aromatic N) is 1. The number of hydrogen-bond donors (Lipinski definition) is 1. The summed E-state index contributed by atoms with van der Waals surface area (Å²) in [5.74, 6) is -0.905. The van der Waals surface area contributed by atoms with Crippen molar-refractivity contribution in [2.45, 2.75) is 13.0 Å². The minimum absolute atomic E-state index is 0.0468. The number of benzene rings is 3. The normalized spacial score (nSPS) is 17.3. The Balaban J connectivity index is 2.02. The maximum absolute atomic E-state index is 13.3. The number of methoxy groups -OCH3 is 2. The first-order valence-corrected chi connectivity index (χ1v) is 10.6. The molecule has 0 saturated carbocycles. The van der Waals surface area contributed by atoms with Gasteiger partial charge in [-0.05, 0) is 42.8 Å². The lowest BCUT2D eigenvalue weighted by molar-refractivity contribution is -0.132. The number of anilines is 1. The number of halogens is 1. The van der Waals surface area contributed by atoms with E-state index in [0.717, 1.165) is 5.56 Å². The van der Waals surface area contributed by atoms with Crippen LogP contribution in [0.3, 0.4) is 0 Å². The molecule has 1 saturated heterocycles. The summed E-state index contributed by atoms with van der Waals surface area (Å²) in [7, 11) is 3.02. The number of ketones is 1. The molecule has 33 heavy (non-hydrogen) atoms. The van der Waals surface area contributed by atoms with Crippen molar-refractivity contribution in [3.8, 4) is 11.5 Å². The van der Waals surface area contributed by atoms with Gasteiger partial charge in [0.2, 0.25) is 0 Å². The molecule has 0 unspecified atom stereocenters. The van der Waals surface area contributed by atoms with Crippen LogP contribution in [0.25, 0.3) is 5.76 Å². The molecule has 3 aromatic rings. The van der Waals surface area contributed by atoms with E-state index < -0.39 is 17.7 Å². The highest BCUT2D eigenvalue weighted by atomic mass is 35.5. The number of rotatable bonds is 5. The molecule has 1 amide bonds. The first kappa shape index (κ1) is 22.4. The highest BCUT2D eigenvalue weighted by molar-refractivity contribution is 6.52. The standard InChI is InChI=1S/C26H22ClNO5/c1-15-9-10-17(13-20(15)27)28-23(19-14-18(32-2)11-12-21(19)33-3)22(25(30)26(28)31)24(29)16-7-5-4-6-8-16/h4-14,23,29H,1-3H3/t23-/m1/s1. The van der Waals surface area contributed by atoms with Gasteiger partial charge in [0.25, 0.3) is 11.7 Å². The Morgan fingerprint density at radius 1 is 0.970 bits per heavy atom. The lowest BCUT2D eigenvalue weighted by Gasteiger charge is -2.27. The number of aryl methyl sites for hydroxylation is 1. The van der Waals surface area contributed by atoms with E-state index in [9.17, 15) is 14.7 Å². The third-order valence-electron chi connectivity index (χ3n) is 5.66. The number of hydrogen-bond acceptors (Lipinski definition) is 5. The second-order valence-corrected chi connectivity index (χ2v) is 7.98. The van der Waals surface area contributed by atoms with Crippen LogP contribution in [0.2, 0.25) is 5.02 Å². The molecule has 168 valence electrons. The molecule has 0 aliphatic carbocycles. The van der Waals surface area contributed by atoms with Gasteiger partial charge in [-0.1, -0.05) is 48.0 Å². The van der Waals surface area contributed by atoms with Gasteiger partial charge in [0.05, 0.1) is 25.8 Å². The van der Waals surface area contributed by atoms with Crippen molar-refractivity contribution in [1.29, 1.82) is 0 Å². The molecule has 6 nitrogen and oxygen atoms in total. The van der Waals surface area contributed by atoms with Gasteiger partial charge in [-0.15, -0.1) is 0 Å². The Morgan fingerprint density at radius 2 is 1.70 bits per heavy atom. The van der Waals surface area contributed by atoms with Crippen LogP contribution in [0.15, 0.2) is 72.3 Å². The number of carbonyl (C=O) groups is 2. The second-order valence-electron chi connectivity index (χ2n) is 7.58. The lowest BCUT2D eigenvalue weighted by atomic mass is 9.94. The van der Waals surface area contributed by atoms with Gasteiger partial charge in [0.1, 0.15) is 17.3 Å². The Bertz CT molecular complexity index is 1270. The Labute approximate surface area is 196 Å². The molecular formula is C26H22ClNO5. The van der Waals surface area contributed by atoms with Crippen molar-refractivity contribution < 1.29 is 24.2 Å². The van der Waals surface area contributed by atoms with Gasteiger partial charge >= 0.3 is 0 Å². The molecule has 7 heteroatoms. The molecule has 1 aliphatic heterocycles. The van der Waals surface area contributed by atoms with E-state index in [0.29, 0.717) is 33.3 Å². The zero-order valence-electron chi connectivity index (χ0n) is 18.3. The monoisotopic (exact) mass is 463 g/mol. The van der Waals surface area contributed by atoms with E-state index in [4.69, 9.17) is 21.1 Å². The fourth-order valence-electron chi connectivity index (χ4n) is 3.93. The molecule has 1 atom stereocenters. The summed E-state index contributed by atoms with van der Waals surface area (Å²) in [6, 6.07) is 17.9. The van der Waals surface area contributed by atoms with E-state index in [1.54, 1.807) is 66.7 Å². The fourth-order valence-corrected chi connectivity index (χ4v) is 4.10. The Hall–Kier alpha value is -3.77. The van der Waals surface area contributed by atoms with E-state index in [2.05, 4.69) is 0 Å². The van der Waals surface area contributed by atoms with Crippen LogP contribution in [-0.4, -0.2) is 31.0 Å². The van der Waals surface area contributed by atoms with Crippen molar-refractivity contribution in [3.05, 3.63) is 94.0 Å². The van der Waals surface area contributed by atoms with Gasteiger partial charge in [-0.25, -0.2) is 0 Å². The molecular weight excluding hydrogens is 442 g/mol. The summed E-state index contributed by atoms with van der Waals surface area (Å²) < 4.78 is 10.9. The van der Waals surface area contributed by atoms with Crippen molar-refractivity contribution >= 4 is 34.7 Å². The predicted octanol–water partition coefficient (Wildman–Crippen LogP) is 5.29. The van der Waals surface area contributed by atoms with Crippen LogP contribution in [-0.2, 0) is 9.59 Å². The molecule has 1 N–H and O–H groups in total. The molecule has 0 radical (unpaired) electrons. The molecule has 0 aromatic heterocycles. The van der Waals surface area contributed by atoms with Gasteiger partial charge in [0.15, 0.2) is 0 Å². The van der Waals surface area contributed by atoms with Crippen LogP contribution in [0.1, 0.15) is 22.7 Å². The molecule has 4 rings (SSSR count). The Morgan fingerprint density at radius 3 is 2.33 bits per heavy atom. The predicted molar refractivity (Wildman–Crippen MR) is 127 cm³/mol. The van der Waals surface area contributed by atoms with Crippen LogP contribution in [0.5, 0.6) is 11.5 Å². The molecule has 1 fully saturated rings. The quantitative estimate of drug-likeness (QED) is 0.316. The van der Waals surface area contributed by atoms with Crippen molar-refractivity contribution in [1.82, 2.24) is 0 Å². The third kappa shape index (κ3) is 3.94. The van der Waals surface area contributed by atoms with E-state index in [1.807, 2.05) is 6.92 Å². The Kier molecular flexibility index (Phi) is 6.11. The summed E-state index contributed by atoms with van der Waals surface area (Å²) in [6.07, 6.45) is 0. The van der Waals surface area contributed by atoms with Gasteiger partial charge in [-0.3, -0.25) is 14.5 Å². The summed E-state index contributed by atoms with van der Waals surface area (Å²) in [6.45, 7) is 1.85. The third-order valence-corrected chi connectivity index (χ3v) is 6.06. The minimum atomic E-state index is -0.964. The smallest absolute Gasteiger partial charge is 0.300 e. The average molecular weight is 464 g/mol. The largest absolute Gasteiger partial charge is 0.507 e. The molecule has 1 aliphatic rings. The molecule has 0 bridgehead atoms. The average Bonchev–Trinajstić information content (AvgIpc) is 3.10. The first-order valence-electron chi connectivity index (χ1n) is 10.2. The van der Waals surface area contributed by atoms with E-state index >= 15 is 0 Å². The van der Waals surface area contributed by atoms with E-state index in [-0.39, 0.29) is 11.3 Å². The summed E-state index contributed by atoms with van der Waals surface area (Å²) in [4.78, 5) is 27.9. The number of ether oxygens (including phenoxy) is 2. The van der Waals surface area contributed by atoms with Crippen molar-refractivity contribution in [2.75, 3.05) is 19.1 Å². The van der Waals surface area contributed by atoms with Gasteiger partial charge < -0.3 is 14.6 Å². The van der Waals surface area contributed by atoms with Crippen molar-refractivity contribution in [3.63, 3.8) is 0 Å².